The van der Waals surface area contributed by atoms with Crippen molar-refractivity contribution in [3.05, 3.63) is 88.5 Å². The summed E-state index contributed by atoms with van der Waals surface area (Å²) in [6.07, 6.45) is 5.11. The maximum absolute atomic E-state index is 14.1. The van der Waals surface area contributed by atoms with Crippen molar-refractivity contribution in [2.24, 2.45) is 0 Å². The minimum Gasteiger partial charge on any atom is -0.469 e. The largest absolute Gasteiger partial charge is 0.469 e. The molecule has 6 nitrogen and oxygen atoms in total. The average Bonchev–Trinajstić information content (AvgIpc) is 3.47. The van der Waals surface area contributed by atoms with Gasteiger partial charge in [-0.05, 0) is 61.2 Å². The van der Waals surface area contributed by atoms with Crippen LogP contribution < -0.4 is 10.2 Å². The molecule has 0 saturated carbocycles. The second-order valence-electron chi connectivity index (χ2n) is 8.79. The third-order valence-corrected chi connectivity index (χ3v) is 6.93. The summed E-state index contributed by atoms with van der Waals surface area (Å²) in [5.74, 6) is -0.237. The van der Waals surface area contributed by atoms with Gasteiger partial charge in [0.25, 0.3) is 5.91 Å². The van der Waals surface area contributed by atoms with Gasteiger partial charge in [-0.25, -0.2) is 0 Å². The fraction of sp³-hybridized carbons (Fsp3) is 0.259. The SMILES string of the molecule is Cc1occc1C(=O)NC(C(=O)N1CCCc2cc(Cl)ccc21)C(C)c1c[nH]c2ccccc12. The predicted octanol–water partition coefficient (Wildman–Crippen LogP) is 5.60. The summed E-state index contributed by atoms with van der Waals surface area (Å²) in [5, 5.41) is 4.71. The number of fused-ring (bicyclic) bond motifs is 2. The summed E-state index contributed by atoms with van der Waals surface area (Å²) in [5.41, 5.74) is 4.29. The molecule has 2 N–H and O–H groups in total. The van der Waals surface area contributed by atoms with Crippen molar-refractivity contribution < 1.29 is 14.0 Å². The number of aromatic nitrogens is 1. The molecular formula is C27H26ClN3O3. The molecular weight excluding hydrogens is 450 g/mol. The molecule has 174 valence electrons. The number of carbonyl (C=O) groups excluding carboxylic acids is 2. The second-order valence-corrected chi connectivity index (χ2v) is 9.22. The van der Waals surface area contributed by atoms with Gasteiger partial charge in [0.1, 0.15) is 11.8 Å². The molecule has 0 bridgehead atoms. The fourth-order valence-electron chi connectivity index (χ4n) is 4.85. The molecule has 0 aliphatic carbocycles. The monoisotopic (exact) mass is 475 g/mol. The Balaban J connectivity index is 1.53. The highest BCUT2D eigenvalue weighted by Crippen LogP contribution is 2.33. The van der Waals surface area contributed by atoms with Crippen LogP contribution in [0.1, 0.15) is 46.5 Å². The zero-order chi connectivity index (χ0) is 23.8. The van der Waals surface area contributed by atoms with E-state index in [9.17, 15) is 9.59 Å². The molecule has 7 heteroatoms. The normalized spacial score (nSPS) is 15.1. The first-order valence-corrected chi connectivity index (χ1v) is 11.8. The van der Waals surface area contributed by atoms with Crippen LogP contribution in [0.3, 0.4) is 0 Å². The zero-order valence-corrected chi connectivity index (χ0v) is 19.9. The van der Waals surface area contributed by atoms with E-state index in [0.717, 1.165) is 40.6 Å². The van der Waals surface area contributed by atoms with Gasteiger partial charge in [0.05, 0.1) is 11.8 Å². The summed E-state index contributed by atoms with van der Waals surface area (Å²) in [7, 11) is 0. The number of carbonyl (C=O) groups is 2. The topological polar surface area (TPSA) is 78.3 Å². The van der Waals surface area contributed by atoms with Crippen molar-refractivity contribution in [3.8, 4) is 0 Å². The van der Waals surface area contributed by atoms with Crippen LogP contribution >= 0.6 is 11.6 Å². The average molecular weight is 476 g/mol. The number of halogens is 1. The van der Waals surface area contributed by atoms with E-state index < -0.39 is 6.04 Å². The molecule has 4 aromatic rings. The second kappa shape index (κ2) is 9.03. The quantitative estimate of drug-likeness (QED) is 0.394. The molecule has 0 spiro atoms. The molecule has 2 amide bonds. The number of amides is 2. The summed E-state index contributed by atoms with van der Waals surface area (Å²) < 4.78 is 5.32. The van der Waals surface area contributed by atoms with Gasteiger partial charge in [0, 0.05) is 40.3 Å². The van der Waals surface area contributed by atoms with Crippen LogP contribution in [0.25, 0.3) is 10.9 Å². The van der Waals surface area contributed by atoms with Crippen molar-refractivity contribution in [3.63, 3.8) is 0 Å². The lowest BCUT2D eigenvalue weighted by Gasteiger charge is -2.34. The van der Waals surface area contributed by atoms with Crippen LogP contribution in [0, 0.1) is 6.92 Å². The molecule has 34 heavy (non-hydrogen) atoms. The summed E-state index contributed by atoms with van der Waals surface area (Å²) >= 11 is 6.21. The summed E-state index contributed by atoms with van der Waals surface area (Å²) in [6.45, 7) is 4.30. The Morgan fingerprint density at radius 3 is 2.79 bits per heavy atom. The van der Waals surface area contributed by atoms with E-state index in [1.54, 1.807) is 24.0 Å². The molecule has 0 fully saturated rings. The number of hydrogen-bond donors (Lipinski definition) is 2. The van der Waals surface area contributed by atoms with Crippen molar-refractivity contribution in [2.75, 3.05) is 11.4 Å². The van der Waals surface area contributed by atoms with E-state index in [4.69, 9.17) is 16.0 Å². The number of furan rings is 1. The lowest BCUT2D eigenvalue weighted by atomic mass is 9.90. The van der Waals surface area contributed by atoms with E-state index >= 15 is 0 Å². The number of aromatic amines is 1. The van der Waals surface area contributed by atoms with Crippen molar-refractivity contribution in [2.45, 2.75) is 38.6 Å². The van der Waals surface area contributed by atoms with Crippen LogP contribution in [0.2, 0.25) is 5.02 Å². The van der Waals surface area contributed by atoms with Crippen LogP contribution in [-0.2, 0) is 11.2 Å². The number of nitrogens with one attached hydrogen (secondary N) is 2. The maximum atomic E-state index is 14.1. The van der Waals surface area contributed by atoms with Gasteiger partial charge in [-0.1, -0.05) is 36.7 Å². The number of nitrogens with zero attached hydrogens (tertiary/aromatic N) is 1. The number of benzene rings is 2. The minimum absolute atomic E-state index is 0.143. The van der Waals surface area contributed by atoms with Crippen molar-refractivity contribution in [1.82, 2.24) is 10.3 Å². The summed E-state index contributed by atoms with van der Waals surface area (Å²) in [4.78, 5) is 32.3. The van der Waals surface area contributed by atoms with Gasteiger partial charge in [0.15, 0.2) is 0 Å². The molecule has 2 aromatic heterocycles. The number of H-pyrrole nitrogens is 1. The van der Waals surface area contributed by atoms with E-state index in [0.29, 0.717) is 22.9 Å². The molecule has 3 heterocycles. The van der Waals surface area contributed by atoms with Gasteiger partial charge in [-0.3, -0.25) is 9.59 Å². The number of anilines is 1. The molecule has 0 saturated heterocycles. The Labute approximate surface area is 202 Å². The van der Waals surface area contributed by atoms with Gasteiger partial charge in [-0.15, -0.1) is 0 Å². The maximum Gasteiger partial charge on any atom is 0.255 e. The molecule has 1 aliphatic rings. The van der Waals surface area contributed by atoms with E-state index in [1.807, 2.05) is 49.5 Å². The lowest BCUT2D eigenvalue weighted by Crippen LogP contribution is -2.52. The Kier molecular flexibility index (Phi) is 5.92. The van der Waals surface area contributed by atoms with E-state index in [-0.39, 0.29) is 17.7 Å². The van der Waals surface area contributed by atoms with Gasteiger partial charge >= 0.3 is 0 Å². The molecule has 0 radical (unpaired) electrons. The highest BCUT2D eigenvalue weighted by Gasteiger charge is 2.35. The van der Waals surface area contributed by atoms with E-state index in [1.165, 1.54) is 6.26 Å². The third kappa shape index (κ3) is 3.99. The smallest absolute Gasteiger partial charge is 0.255 e. The molecule has 2 unspecified atom stereocenters. The Morgan fingerprint density at radius 2 is 2.00 bits per heavy atom. The van der Waals surface area contributed by atoms with Crippen LogP contribution in [0.5, 0.6) is 0 Å². The van der Waals surface area contributed by atoms with Gasteiger partial charge in [0.2, 0.25) is 5.91 Å². The van der Waals surface area contributed by atoms with Crippen LogP contribution in [0.4, 0.5) is 5.69 Å². The molecule has 1 aliphatic heterocycles. The molecule has 2 atom stereocenters. The fourth-order valence-corrected chi connectivity index (χ4v) is 5.05. The van der Waals surface area contributed by atoms with Crippen LogP contribution in [-0.4, -0.2) is 29.4 Å². The van der Waals surface area contributed by atoms with Gasteiger partial charge < -0.3 is 19.6 Å². The first-order chi connectivity index (χ1) is 16.4. The van der Waals surface area contributed by atoms with Gasteiger partial charge in [-0.2, -0.15) is 0 Å². The minimum atomic E-state index is -0.775. The first kappa shape index (κ1) is 22.3. The Hall–Kier alpha value is -3.51. The molecule has 5 rings (SSSR count). The van der Waals surface area contributed by atoms with Crippen LogP contribution in [0.15, 0.2) is 65.4 Å². The van der Waals surface area contributed by atoms with Crippen molar-refractivity contribution >= 4 is 40.0 Å². The lowest BCUT2D eigenvalue weighted by molar-refractivity contribution is -0.121. The van der Waals surface area contributed by atoms with Crippen molar-refractivity contribution in [1.29, 1.82) is 0 Å². The first-order valence-electron chi connectivity index (χ1n) is 11.4. The molecule has 2 aromatic carbocycles. The number of rotatable bonds is 5. The Morgan fingerprint density at radius 1 is 1.18 bits per heavy atom. The number of aryl methyl sites for hydroxylation is 2. The number of hydrogen-bond acceptors (Lipinski definition) is 3. The predicted molar refractivity (Wildman–Crippen MR) is 134 cm³/mol. The standard InChI is InChI=1S/C27H26ClN3O3/c1-16(22-15-29-23-8-4-3-7-21(22)23)25(30-26(32)20-11-13-34-17(20)2)27(33)31-12-5-6-18-14-19(28)9-10-24(18)31/h3-4,7-11,13-16,25,29H,5-6,12H2,1-2H3,(H,30,32). The third-order valence-electron chi connectivity index (χ3n) is 6.69. The summed E-state index contributed by atoms with van der Waals surface area (Å²) in [6, 6.07) is 14.4. The highest BCUT2D eigenvalue weighted by atomic mass is 35.5. The highest BCUT2D eigenvalue weighted by molar-refractivity contribution is 6.30. The Bertz CT molecular complexity index is 1370. The number of para-hydroxylation sites is 1. The zero-order valence-electron chi connectivity index (χ0n) is 19.1. The van der Waals surface area contributed by atoms with E-state index in [2.05, 4.69) is 10.3 Å².